The molecule has 4 heteroatoms. The molecule has 2 nitrogen and oxygen atoms in total. The van der Waals surface area contributed by atoms with Gasteiger partial charge in [0, 0.05) is 0 Å². The zero-order valence-electron chi connectivity index (χ0n) is 9.58. The van der Waals surface area contributed by atoms with Crippen molar-refractivity contribution in [1.82, 2.24) is 0 Å². The van der Waals surface area contributed by atoms with Gasteiger partial charge in [-0.2, -0.15) is 5.26 Å². The second-order valence-electron chi connectivity index (χ2n) is 3.74. The first-order chi connectivity index (χ1) is 8.61. The minimum absolute atomic E-state index is 0.348. The maximum absolute atomic E-state index is 13.0. The lowest BCUT2D eigenvalue weighted by Crippen LogP contribution is -1.92. The van der Waals surface area contributed by atoms with Crippen molar-refractivity contribution in [3.05, 3.63) is 57.8 Å². The third kappa shape index (κ3) is 2.52. The van der Waals surface area contributed by atoms with E-state index in [0.29, 0.717) is 21.5 Å². The van der Waals surface area contributed by atoms with Crippen molar-refractivity contribution in [2.75, 3.05) is 0 Å². The standard InChI is InChI=1S/C14H9BrFNO/c1-9-3-2-4-10(8-17)14(9)18-13-6-5-11(16)7-12(13)15/h2-7H,1H3. The Morgan fingerprint density at radius 3 is 2.72 bits per heavy atom. The Bertz CT molecular complexity index is 634. The van der Waals surface area contributed by atoms with Crippen molar-refractivity contribution in [2.24, 2.45) is 0 Å². The molecule has 0 radical (unpaired) electrons. The third-order valence-electron chi connectivity index (χ3n) is 2.44. The Balaban J connectivity index is 2.43. The summed E-state index contributed by atoms with van der Waals surface area (Å²) in [6, 6.07) is 11.6. The summed E-state index contributed by atoms with van der Waals surface area (Å²) in [5, 5.41) is 9.03. The van der Waals surface area contributed by atoms with Crippen LogP contribution in [-0.4, -0.2) is 0 Å². The summed E-state index contributed by atoms with van der Waals surface area (Å²) >= 11 is 3.23. The number of aryl methyl sites for hydroxylation is 1. The van der Waals surface area contributed by atoms with Crippen LogP contribution in [0.5, 0.6) is 11.5 Å². The molecule has 2 aromatic rings. The average molecular weight is 306 g/mol. The van der Waals surface area contributed by atoms with Gasteiger partial charge in [0.1, 0.15) is 23.4 Å². The SMILES string of the molecule is Cc1cccc(C#N)c1Oc1ccc(F)cc1Br. The summed E-state index contributed by atoms with van der Waals surface area (Å²) in [6.07, 6.45) is 0. The summed E-state index contributed by atoms with van der Waals surface area (Å²) < 4.78 is 19.2. The van der Waals surface area contributed by atoms with Gasteiger partial charge in [0.2, 0.25) is 0 Å². The van der Waals surface area contributed by atoms with Gasteiger partial charge in [-0.25, -0.2) is 4.39 Å². The molecule has 18 heavy (non-hydrogen) atoms. The fraction of sp³-hybridized carbons (Fsp3) is 0.0714. The van der Waals surface area contributed by atoms with E-state index in [4.69, 9.17) is 10.00 Å². The van der Waals surface area contributed by atoms with Crippen molar-refractivity contribution in [3.63, 3.8) is 0 Å². The molecule has 0 bridgehead atoms. The van der Waals surface area contributed by atoms with Crippen LogP contribution in [0.15, 0.2) is 40.9 Å². The predicted octanol–water partition coefficient (Wildman–Crippen LogP) is 4.56. The summed E-state index contributed by atoms with van der Waals surface area (Å²) in [7, 11) is 0. The average Bonchev–Trinajstić information content (AvgIpc) is 2.34. The molecular formula is C14H9BrFNO. The van der Waals surface area contributed by atoms with E-state index in [0.717, 1.165) is 5.56 Å². The van der Waals surface area contributed by atoms with Gasteiger partial charge in [-0.3, -0.25) is 0 Å². The number of nitriles is 1. The molecule has 2 rings (SSSR count). The first kappa shape index (κ1) is 12.6. The molecule has 0 aromatic heterocycles. The van der Waals surface area contributed by atoms with Gasteiger partial charge in [-0.1, -0.05) is 12.1 Å². The predicted molar refractivity (Wildman–Crippen MR) is 70.1 cm³/mol. The van der Waals surface area contributed by atoms with Crippen molar-refractivity contribution in [2.45, 2.75) is 6.92 Å². The van der Waals surface area contributed by atoms with Crippen LogP contribution in [-0.2, 0) is 0 Å². The van der Waals surface area contributed by atoms with Crippen molar-refractivity contribution >= 4 is 15.9 Å². The van der Waals surface area contributed by atoms with E-state index in [1.807, 2.05) is 13.0 Å². The number of hydrogen-bond donors (Lipinski definition) is 0. The van der Waals surface area contributed by atoms with E-state index in [1.54, 1.807) is 12.1 Å². The Morgan fingerprint density at radius 2 is 2.06 bits per heavy atom. The molecule has 0 aliphatic heterocycles. The van der Waals surface area contributed by atoms with Crippen LogP contribution in [0.2, 0.25) is 0 Å². The molecule has 0 saturated heterocycles. The van der Waals surface area contributed by atoms with E-state index in [2.05, 4.69) is 22.0 Å². The van der Waals surface area contributed by atoms with Gasteiger partial charge in [0.05, 0.1) is 10.0 Å². The quantitative estimate of drug-likeness (QED) is 0.815. The monoisotopic (exact) mass is 305 g/mol. The third-order valence-corrected chi connectivity index (χ3v) is 3.06. The van der Waals surface area contributed by atoms with Crippen molar-refractivity contribution < 1.29 is 9.13 Å². The first-order valence-electron chi connectivity index (χ1n) is 5.24. The Labute approximate surface area is 113 Å². The van der Waals surface area contributed by atoms with Gasteiger partial charge in [-0.15, -0.1) is 0 Å². The van der Waals surface area contributed by atoms with Crippen molar-refractivity contribution in [1.29, 1.82) is 5.26 Å². The van der Waals surface area contributed by atoms with Gasteiger partial charge >= 0.3 is 0 Å². The molecule has 0 spiro atoms. The summed E-state index contributed by atoms with van der Waals surface area (Å²) in [4.78, 5) is 0. The van der Waals surface area contributed by atoms with E-state index in [1.165, 1.54) is 18.2 Å². The number of benzene rings is 2. The zero-order chi connectivity index (χ0) is 13.1. The molecule has 0 aliphatic rings. The molecule has 0 N–H and O–H groups in total. The van der Waals surface area contributed by atoms with Crippen LogP contribution in [0.1, 0.15) is 11.1 Å². The van der Waals surface area contributed by atoms with E-state index in [-0.39, 0.29) is 5.82 Å². The molecule has 0 saturated carbocycles. The Hall–Kier alpha value is -1.86. The van der Waals surface area contributed by atoms with E-state index >= 15 is 0 Å². The number of hydrogen-bond acceptors (Lipinski definition) is 2. The molecule has 0 atom stereocenters. The van der Waals surface area contributed by atoms with Crippen LogP contribution in [0.25, 0.3) is 0 Å². The fourth-order valence-electron chi connectivity index (χ4n) is 1.54. The topological polar surface area (TPSA) is 33.0 Å². The summed E-state index contributed by atoms with van der Waals surface area (Å²) in [5.74, 6) is 0.619. The van der Waals surface area contributed by atoms with Gasteiger partial charge in [0.25, 0.3) is 0 Å². The smallest absolute Gasteiger partial charge is 0.148 e. The Morgan fingerprint density at radius 1 is 1.28 bits per heavy atom. The minimum atomic E-state index is -0.348. The minimum Gasteiger partial charge on any atom is -0.455 e. The number of nitrogens with zero attached hydrogens (tertiary/aromatic N) is 1. The molecule has 2 aromatic carbocycles. The highest BCUT2D eigenvalue weighted by atomic mass is 79.9. The zero-order valence-corrected chi connectivity index (χ0v) is 11.2. The molecule has 90 valence electrons. The van der Waals surface area contributed by atoms with Crippen LogP contribution >= 0.6 is 15.9 Å². The van der Waals surface area contributed by atoms with Crippen LogP contribution in [0.4, 0.5) is 4.39 Å². The summed E-state index contributed by atoms with van der Waals surface area (Å²) in [5.41, 5.74) is 1.30. The number of ether oxygens (including phenoxy) is 1. The van der Waals surface area contributed by atoms with Crippen LogP contribution in [0.3, 0.4) is 0 Å². The maximum Gasteiger partial charge on any atom is 0.148 e. The number of rotatable bonds is 2. The molecule has 0 unspecified atom stereocenters. The molecule has 0 heterocycles. The molecule has 0 fully saturated rings. The highest BCUT2D eigenvalue weighted by Gasteiger charge is 2.10. The van der Waals surface area contributed by atoms with Gasteiger partial charge in [0.15, 0.2) is 0 Å². The normalized spacial score (nSPS) is 9.89. The van der Waals surface area contributed by atoms with Crippen molar-refractivity contribution in [3.8, 4) is 17.6 Å². The van der Waals surface area contributed by atoms with Crippen LogP contribution < -0.4 is 4.74 Å². The number of halogens is 2. The lowest BCUT2D eigenvalue weighted by Gasteiger charge is -2.11. The highest BCUT2D eigenvalue weighted by molar-refractivity contribution is 9.10. The maximum atomic E-state index is 13.0. The lowest BCUT2D eigenvalue weighted by molar-refractivity contribution is 0.472. The Kier molecular flexibility index (Phi) is 3.63. The van der Waals surface area contributed by atoms with E-state index in [9.17, 15) is 4.39 Å². The first-order valence-corrected chi connectivity index (χ1v) is 6.03. The van der Waals surface area contributed by atoms with Crippen LogP contribution in [0, 0.1) is 24.1 Å². The number of para-hydroxylation sites is 1. The highest BCUT2D eigenvalue weighted by Crippen LogP contribution is 2.33. The summed E-state index contributed by atoms with van der Waals surface area (Å²) in [6.45, 7) is 1.85. The van der Waals surface area contributed by atoms with E-state index < -0.39 is 0 Å². The second-order valence-corrected chi connectivity index (χ2v) is 4.59. The van der Waals surface area contributed by atoms with Gasteiger partial charge in [-0.05, 0) is 52.7 Å². The van der Waals surface area contributed by atoms with Gasteiger partial charge < -0.3 is 4.74 Å². The largest absolute Gasteiger partial charge is 0.455 e. The lowest BCUT2D eigenvalue weighted by atomic mass is 10.1. The second kappa shape index (κ2) is 5.19. The fourth-order valence-corrected chi connectivity index (χ4v) is 1.98. The molecule has 0 amide bonds. The molecular weight excluding hydrogens is 297 g/mol. The molecule has 0 aliphatic carbocycles.